The molecular weight excluding hydrogens is 214 g/mol. The Kier molecular flexibility index (Phi) is 6.67. The first-order valence-electron chi connectivity index (χ1n) is 6.42. The molecule has 3 nitrogen and oxygen atoms in total. The van der Waals surface area contributed by atoms with Crippen LogP contribution in [0.3, 0.4) is 0 Å². The van der Waals surface area contributed by atoms with E-state index in [1.165, 1.54) is 0 Å². The molecule has 1 aromatic carbocycles. The van der Waals surface area contributed by atoms with Crippen LogP contribution in [0.1, 0.15) is 32.3 Å². The predicted molar refractivity (Wildman–Crippen MR) is 70.2 cm³/mol. The van der Waals surface area contributed by atoms with Gasteiger partial charge in [0.15, 0.2) is 0 Å². The van der Waals surface area contributed by atoms with Crippen molar-refractivity contribution in [3.8, 4) is 5.75 Å². The molecule has 0 aliphatic carbocycles. The molecule has 0 unspecified atom stereocenters. The highest BCUT2D eigenvalue weighted by molar-refractivity contribution is 5.28. The minimum atomic E-state index is 0.298. The quantitative estimate of drug-likeness (QED) is 0.879. The second kappa shape index (κ2) is 8.09. The Morgan fingerprint density at radius 3 is 2.65 bits per heavy atom. The lowest BCUT2D eigenvalue weighted by Crippen LogP contribution is -2.25. The lowest BCUT2D eigenvalue weighted by Gasteiger charge is -2.23. The first kappa shape index (κ1) is 14.0. The van der Waals surface area contributed by atoms with Crippen molar-refractivity contribution < 1.29 is 9.47 Å². The fourth-order valence-corrected chi connectivity index (χ4v) is 1.73. The van der Waals surface area contributed by atoms with Crippen LogP contribution in [0.5, 0.6) is 5.75 Å². The molecule has 17 heavy (non-hydrogen) atoms. The first-order chi connectivity index (χ1) is 8.38. The topological polar surface area (TPSA) is 44.5 Å². The average Bonchev–Trinajstić information content (AvgIpc) is 2.42. The summed E-state index contributed by atoms with van der Waals surface area (Å²) in [6.07, 6.45) is 2.26. The summed E-state index contributed by atoms with van der Waals surface area (Å²) in [6.45, 7) is 6.17. The van der Waals surface area contributed by atoms with Crippen molar-refractivity contribution in [2.75, 3.05) is 13.2 Å². The van der Waals surface area contributed by atoms with Gasteiger partial charge in [-0.3, -0.25) is 0 Å². The van der Waals surface area contributed by atoms with Gasteiger partial charge in [-0.15, -0.1) is 0 Å². The Hall–Kier alpha value is -1.06. The van der Waals surface area contributed by atoms with Crippen LogP contribution in [0.4, 0.5) is 0 Å². The highest BCUT2D eigenvalue weighted by Gasteiger charge is 2.14. The van der Waals surface area contributed by atoms with E-state index in [9.17, 15) is 0 Å². The summed E-state index contributed by atoms with van der Waals surface area (Å²) in [7, 11) is 0. The zero-order chi connectivity index (χ0) is 12.5. The summed E-state index contributed by atoms with van der Waals surface area (Å²) in [4.78, 5) is 0. The molecule has 0 amide bonds. The molecule has 0 spiro atoms. The van der Waals surface area contributed by atoms with E-state index >= 15 is 0 Å². The third-order valence-electron chi connectivity index (χ3n) is 2.61. The molecule has 3 heteroatoms. The van der Waals surface area contributed by atoms with E-state index in [1.807, 2.05) is 38.1 Å². The van der Waals surface area contributed by atoms with Gasteiger partial charge in [0.05, 0.1) is 13.2 Å². The zero-order valence-electron chi connectivity index (χ0n) is 10.8. The summed E-state index contributed by atoms with van der Waals surface area (Å²) in [6, 6.07) is 7.98. The molecule has 0 aromatic heterocycles. The van der Waals surface area contributed by atoms with Gasteiger partial charge in [0.25, 0.3) is 0 Å². The van der Waals surface area contributed by atoms with E-state index in [4.69, 9.17) is 15.2 Å². The summed E-state index contributed by atoms with van der Waals surface area (Å²) < 4.78 is 11.1. The molecule has 0 saturated carbocycles. The number of benzene rings is 1. The van der Waals surface area contributed by atoms with Crippen molar-refractivity contribution >= 4 is 0 Å². The van der Waals surface area contributed by atoms with E-state index < -0.39 is 0 Å². The molecule has 0 atom stereocenters. The minimum absolute atomic E-state index is 0.298. The maximum absolute atomic E-state index is 5.86. The van der Waals surface area contributed by atoms with Gasteiger partial charge in [0.2, 0.25) is 0 Å². The Morgan fingerprint density at radius 2 is 2.00 bits per heavy atom. The van der Waals surface area contributed by atoms with Crippen LogP contribution in [-0.2, 0) is 11.3 Å². The number of hydrogen-bond acceptors (Lipinski definition) is 3. The van der Waals surface area contributed by atoms with Crippen LogP contribution >= 0.6 is 0 Å². The van der Waals surface area contributed by atoms with Crippen LogP contribution in [0.2, 0.25) is 0 Å². The van der Waals surface area contributed by atoms with E-state index in [0.717, 1.165) is 37.4 Å². The van der Waals surface area contributed by atoms with Gasteiger partial charge in [-0.25, -0.2) is 0 Å². The minimum Gasteiger partial charge on any atom is -0.490 e. The van der Waals surface area contributed by atoms with Crippen molar-refractivity contribution in [2.24, 2.45) is 5.73 Å². The summed E-state index contributed by atoms with van der Waals surface area (Å²) in [5.41, 5.74) is 6.69. The second-order valence-electron chi connectivity index (χ2n) is 3.78. The smallest absolute Gasteiger partial charge is 0.120 e. The summed E-state index contributed by atoms with van der Waals surface area (Å²) in [5, 5.41) is 0. The summed E-state index contributed by atoms with van der Waals surface area (Å²) in [5.74, 6) is 0.921. The third-order valence-corrected chi connectivity index (χ3v) is 2.61. The lowest BCUT2D eigenvalue weighted by molar-refractivity contribution is 0.0255. The fraction of sp³-hybridized carbons (Fsp3) is 0.571. The fourth-order valence-electron chi connectivity index (χ4n) is 1.73. The Labute approximate surface area is 104 Å². The number of ether oxygens (including phenoxy) is 2. The number of hydrogen-bond donors (Lipinski definition) is 1. The standard InChI is InChI=1S/C12H17NO2.C2H6/c13-9-10-2-1-3-12(8-10)15-11-4-6-14-7-5-11;1-2/h1-3,8,11H,4-7,9,13H2;1-2H3. The average molecular weight is 237 g/mol. The molecule has 0 bridgehead atoms. The molecule has 1 heterocycles. The maximum Gasteiger partial charge on any atom is 0.120 e. The predicted octanol–water partition coefficient (Wildman–Crippen LogP) is 2.73. The lowest BCUT2D eigenvalue weighted by atomic mass is 10.1. The molecule has 1 saturated heterocycles. The zero-order valence-corrected chi connectivity index (χ0v) is 10.8. The Bertz CT molecular complexity index is 309. The van der Waals surface area contributed by atoms with Gasteiger partial charge in [-0.1, -0.05) is 26.0 Å². The molecule has 1 aliphatic heterocycles. The first-order valence-corrected chi connectivity index (χ1v) is 6.42. The molecule has 0 radical (unpaired) electrons. The van der Waals surface area contributed by atoms with E-state index in [0.29, 0.717) is 12.6 Å². The van der Waals surface area contributed by atoms with Gasteiger partial charge in [-0.2, -0.15) is 0 Å². The summed E-state index contributed by atoms with van der Waals surface area (Å²) >= 11 is 0. The third kappa shape index (κ3) is 4.75. The van der Waals surface area contributed by atoms with Crippen molar-refractivity contribution in [1.82, 2.24) is 0 Å². The van der Waals surface area contributed by atoms with Gasteiger partial charge >= 0.3 is 0 Å². The van der Waals surface area contributed by atoms with E-state index in [-0.39, 0.29) is 0 Å². The SMILES string of the molecule is CC.NCc1cccc(OC2CCOCC2)c1. The van der Waals surface area contributed by atoms with Crippen LogP contribution in [-0.4, -0.2) is 19.3 Å². The number of rotatable bonds is 3. The Balaban J connectivity index is 0.000000686. The highest BCUT2D eigenvalue weighted by Crippen LogP contribution is 2.18. The molecule has 1 aromatic rings. The van der Waals surface area contributed by atoms with E-state index in [1.54, 1.807) is 0 Å². The largest absolute Gasteiger partial charge is 0.490 e. The molecule has 96 valence electrons. The van der Waals surface area contributed by atoms with E-state index in [2.05, 4.69) is 0 Å². The van der Waals surface area contributed by atoms with Gasteiger partial charge in [0, 0.05) is 19.4 Å². The van der Waals surface area contributed by atoms with Crippen molar-refractivity contribution in [3.05, 3.63) is 29.8 Å². The van der Waals surface area contributed by atoms with Crippen molar-refractivity contribution in [2.45, 2.75) is 39.3 Å². The molecule has 1 fully saturated rings. The van der Waals surface area contributed by atoms with Gasteiger partial charge < -0.3 is 15.2 Å². The maximum atomic E-state index is 5.86. The number of nitrogens with two attached hydrogens (primary N) is 1. The normalized spacial score (nSPS) is 15.9. The van der Waals surface area contributed by atoms with Crippen molar-refractivity contribution in [3.63, 3.8) is 0 Å². The molecule has 2 N–H and O–H groups in total. The van der Waals surface area contributed by atoms with Gasteiger partial charge in [-0.05, 0) is 17.7 Å². The van der Waals surface area contributed by atoms with Crippen LogP contribution in [0.15, 0.2) is 24.3 Å². The highest BCUT2D eigenvalue weighted by atomic mass is 16.5. The second-order valence-corrected chi connectivity index (χ2v) is 3.78. The van der Waals surface area contributed by atoms with Crippen molar-refractivity contribution in [1.29, 1.82) is 0 Å². The molecular formula is C14H23NO2. The van der Waals surface area contributed by atoms with Crippen LogP contribution < -0.4 is 10.5 Å². The van der Waals surface area contributed by atoms with Crippen LogP contribution in [0, 0.1) is 0 Å². The molecule has 1 aliphatic rings. The van der Waals surface area contributed by atoms with Crippen LogP contribution in [0.25, 0.3) is 0 Å². The molecule has 2 rings (SSSR count). The Morgan fingerprint density at radius 1 is 1.29 bits per heavy atom. The van der Waals surface area contributed by atoms with Gasteiger partial charge in [0.1, 0.15) is 11.9 Å². The monoisotopic (exact) mass is 237 g/mol.